The Hall–Kier alpha value is 0.250. The molecule has 0 aromatic rings. The number of hydrogen-bond donors (Lipinski definition) is 1. The highest BCUT2D eigenvalue weighted by atomic mass is 35.5. The average Bonchev–Trinajstić information content (AvgIpc) is 2.44. The molecule has 1 N–H and O–H groups in total. The third-order valence-electron chi connectivity index (χ3n) is 3.28. The SMILES string of the molecule is O[C@H]1C[C@H]2CC[C@]1(CCl)C2. The van der Waals surface area contributed by atoms with Gasteiger partial charge in [0.2, 0.25) is 0 Å². The molecule has 58 valence electrons. The zero-order valence-electron chi connectivity index (χ0n) is 6.02. The predicted octanol–water partition coefficient (Wildman–Crippen LogP) is 1.78. The van der Waals surface area contributed by atoms with Crippen LogP contribution in [0, 0.1) is 11.3 Å². The zero-order chi connectivity index (χ0) is 7.19. The first-order valence-electron chi connectivity index (χ1n) is 4.01. The predicted molar refractivity (Wildman–Crippen MR) is 41.1 cm³/mol. The summed E-state index contributed by atoms with van der Waals surface area (Å²) < 4.78 is 0. The molecule has 2 saturated carbocycles. The van der Waals surface area contributed by atoms with Crippen molar-refractivity contribution in [3.8, 4) is 0 Å². The van der Waals surface area contributed by atoms with E-state index in [1.54, 1.807) is 0 Å². The van der Waals surface area contributed by atoms with E-state index in [1.807, 2.05) is 0 Å². The van der Waals surface area contributed by atoms with Crippen LogP contribution in [0.25, 0.3) is 0 Å². The van der Waals surface area contributed by atoms with E-state index in [9.17, 15) is 5.11 Å². The van der Waals surface area contributed by atoms with Crippen molar-refractivity contribution >= 4 is 11.6 Å². The van der Waals surface area contributed by atoms with Crippen LogP contribution in [0.15, 0.2) is 0 Å². The highest BCUT2D eigenvalue weighted by molar-refractivity contribution is 6.18. The molecule has 3 atom stereocenters. The van der Waals surface area contributed by atoms with Crippen LogP contribution in [0.2, 0.25) is 0 Å². The van der Waals surface area contributed by atoms with E-state index in [2.05, 4.69) is 0 Å². The summed E-state index contributed by atoms with van der Waals surface area (Å²) in [5.41, 5.74) is 0.131. The normalized spacial score (nSPS) is 52.2. The van der Waals surface area contributed by atoms with Crippen LogP contribution in [0.3, 0.4) is 0 Å². The second-order valence-electron chi connectivity index (χ2n) is 3.86. The fraction of sp³-hybridized carbons (Fsp3) is 1.00. The monoisotopic (exact) mass is 160 g/mol. The quantitative estimate of drug-likeness (QED) is 0.580. The number of fused-ring (bicyclic) bond motifs is 2. The highest BCUT2D eigenvalue weighted by Gasteiger charge is 2.50. The molecule has 2 bridgehead atoms. The maximum Gasteiger partial charge on any atom is 0.0610 e. The lowest BCUT2D eigenvalue weighted by Crippen LogP contribution is -2.31. The molecule has 2 fully saturated rings. The Morgan fingerprint density at radius 1 is 1.60 bits per heavy atom. The van der Waals surface area contributed by atoms with E-state index in [0.29, 0.717) is 5.88 Å². The first-order valence-corrected chi connectivity index (χ1v) is 4.54. The van der Waals surface area contributed by atoms with Gasteiger partial charge in [-0.05, 0) is 31.6 Å². The summed E-state index contributed by atoms with van der Waals surface area (Å²) >= 11 is 5.83. The largest absolute Gasteiger partial charge is 0.392 e. The smallest absolute Gasteiger partial charge is 0.0610 e. The fourth-order valence-corrected chi connectivity index (χ4v) is 2.97. The van der Waals surface area contributed by atoms with Crippen molar-refractivity contribution in [3.63, 3.8) is 0 Å². The fourth-order valence-electron chi connectivity index (χ4n) is 2.55. The molecule has 0 saturated heterocycles. The summed E-state index contributed by atoms with van der Waals surface area (Å²) in [7, 11) is 0. The topological polar surface area (TPSA) is 20.2 Å². The summed E-state index contributed by atoms with van der Waals surface area (Å²) in [6.45, 7) is 0. The van der Waals surface area contributed by atoms with Crippen molar-refractivity contribution in [2.75, 3.05) is 5.88 Å². The van der Waals surface area contributed by atoms with Crippen molar-refractivity contribution in [1.29, 1.82) is 0 Å². The summed E-state index contributed by atoms with van der Waals surface area (Å²) in [5, 5.41) is 9.59. The van der Waals surface area contributed by atoms with Crippen LogP contribution in [-0.4, -0.2) is 17.1 Å². The summed E-state index contributed by atoms with van der Waals surface area (Å²) in [4.78, 5) is 0. The Balaban J connectivity index is 2.19. The lowest BCUT2D eigenvalue weighted by molar-refractivity contribution is 0.0555. The second kappa shape index (κ2) is 2.12. The molecule has 1 nitrogen and oxygen atoms in total. The molecule has 0 aromatic heterocycles. The zero-order valence-corrected chi connectivity index (χ0v) is 6.77. The molecule has 0 amide bonds. The van der Waals surface area contributed by atoms with Gasteiger partial charge in [0.15, 0.2) is 0 Å². The third-order valence-corrected chi connectivity index (χ3v) is 3.81. The lowest BCUT2D eigenvalue weighted by atomic mass is 9.84. The second-order valence-corrected chi connectivity index (χ2v) is 4.12. The Kier molecular flexibility index (Phi) is 1.47. The van der Waals surface area contributed by atoms with Crippen LogP contribution in [-0.2, 0) is 0 Å². The molecule has 2 rings (SSSR count). The minimum Gasteiger partial charge on any atom is -0.392 e. The molecule has 0 radical (unpaired) electrons. The number of halogens is 1. The molecule has 2 aliphatic rings. The van der Waals surface area contributed by atoms with Gasteiger partial charge < -0.3 is 5.11 Å². The summed E-state index contributed by atoms with van der Waals surface area (Å²) in [6.07, 6.45) is 4.54. The van der Waals surface area contributed by atoms with E-state index >= 15 is 0 Å². The summed E-state index contributed by atoms with van der Waals surface area (Å²) in [6, 6.07) is 0. The van der Waals surface area contributed by atoms with Gasteiger partial charge >= 0.3 is 0 Å². The number of aliphatic hydroxyl groups is 1. The minimum absolute atomic E-state index is 0.0938. The van der Waals surface area contributed by atoms with Gasteiger partial charge in [-0.15, -0.1) is 11.6 Å². The Morgan fingerprint density at radius 3 is 2.70 bits per heavy atom. The maximum absolute atomic E-state index is 9.59. The van der Waals surface area contributed by atoms with Gasteiger partial charge in [-0.25, -0.2) is 0 Å². The van der Waals surface area contributed by atoms with Crippen molar-refractivity contribution in [3.05, 3.63) is 0 Å². The standard InChI is InChI=1S/C8H13ClO/c9-5-8-2-1-6(4-8)3-7(8)10/h6-7,10H,1-5H2/t6-,7+,8-/m1/s1. The van der Waals surface area contributed by atoms with Gasteiger partial charge in [-0.2, -0.15) is 0 Å². The molecular weight excluding hydrogens is 148 g/mol. The number of hydrogen-bond acceptors (Lipinski definition) is 1. The molecule has 10 heavy (non-hydrogen) atoms. The highest BCUT2D eigenvalue weighted by Crippen LogP contribution is 2.54. The van der Waals surface area contributed by atoms with E-state index in [4.69, 9.17) is 11.6 Å². The molecular formula is C8H13ClO. The van der Waals surface area contributed by atoms with E-state index < -0.39 is 0 Å². The molecule has 2 aliphatic carbocycles. The van der Waals surface area contributed by atoms with Crippen LogP contribution in [0.4, 0.5) is 0 Å². The lowest BCUT2D eigenvalue weighted by Gasteiger charge is -2.28. The number of alkyl halides is 1. The van der Waals surface area contributed by atoms with Gasteiger partial charge in [0.25, 0.3) is 0 Å². The number of aliphatic hydroxyl groups excluding tert-OH is 1. The van der Waals surface area contributed by atoms with Gasteiger partial charge in [-0.1, -0.05) is 0 Å². The molecule has 0 spiro atoms. The van der Waals surface area contributed by atoms with E-state index in [1.165, 1.54) is 12.8 Å². The Morgan fingerprint density at radius 2 is 2.40 bits per heavy atom. The van der Waals surface area contributed by atoms with Gasteiger partial charge in [0.05, 0.1) is 6.10 Å². The molecule has 2 heteroatoms. The Bertz CT molecular complexity index is 148. The molecule has 0 unspecified atom stereocenters. The minimum atomic E-state index is -0.0938. The van der Waals surface area contributed by atoms with E-state index in [-0.39, 0.29) is 11.5 Å². The Labute approximate surface area is 66.4 Å². The van der Waals surface area contributed by atoms with Crippen LogP contribution < -0.4 is 0 Å². The maximum atomic E-state index is 9.59. The van der Waals surface area contributed by atoms with Gasteiger partial charge in [0, 0.05) is 11.3 Å². The van der Waals surface area contributed by atoms with E-state index in [0.717, 1.165) is 18.8 Å². The van der Waals surface area contributed by atoms with Crippen molar-refractivity contribution in [2.24, 2.45) is 11.3 Å². The molecule has 0 aliphatic heterocycles. The van der Waals surface area contributed by atoms with Crippen molar-refractivity contribution in [2.45, 2.75) is 31.8 Å². The van der Waals surface area contributed by atoms with Gasteiger partial charge in [-0.3, -0.25) is 0 Å². The van der Waals surface area contributed by atoms with Crippen LogP contribution in [0.1, 0.15) is 25.7 Å². The number of rotatable bonds is 1. The van der Waals surface area contributed by atoms with Crippen LogP contribution >= 0.6 is 11.6 Å². The van der Waals surface area contributed by atoms with Crippen LogP contribution in [0.5, 0.6) is 0 Å². The van der Waals surface area contributed by atoms with Gasteiger partial charge in [0.1, 0.15) is 0 Å². The first-order chi connectivity index (χ1) is 4.77. The van der Waals surface area contributed by atoms with Crippen molar-refractivity contribution < 1.29 is 5.11 Å². The third kappa shape index (κ3) is 0.737. The molecule has 0 heterocycles. The first kappa shape index (κ1) is 6.93. The molecule has 0 aromatic carbocycles. The average molecular weight is 161 g/mol. The van der Waals surface area contributed by atoms with Crippen molar-refractivity contribution in [1.82, 2.24) is 0 Å². The summed E-state index contributed by atoms with van der Waals surface area (Å²) in [5.74, 6) is 1.44.